The van der Waals surface area contributed by atoms with Crippen LogP contribution in [0.15, 0.2) is 30.4 Å². The summed E-state index contributed by atoms with van der Waals surface area (Å²) in [5.74, 6) is -1.46. The molecule has 1 aliphatic rings. The summed E-state index contributed by atoms with van der Waals surface area (Å²) < 4.78 is 10.0. The van der Waals surface area contributed by atoms with Crippen molar-refractivity contribution in [2.45, 2.75) is 0 Å². The maximum Gasteiger partial charge on any atom is 0.335 e. The first-order valence-corrected chi connectivity index (χ1v) is 5.12. The molecule has 0 atom stereocenters. The van der Waals surface area contributed by atoms with Crippen molar-refractivity contribution in [2.75, 3.05) is 18.5 Å². The number of rotatable bonds is 3. The first kappa shape index (κ1) is 11.9. The molecule has 0 unspecified atom stereocenters. The zero-order chi connectivity index (χ0) is 13.0. The third-order valence-corrected chi connectivity index (χ3v) is 2.12. The third-order valence-electron chi connectivity index (χ3n) is 2.12. The van der Waals surface area contributed by atoms with Gasteiger partial charge >= 0.3 is 5.97 Å². The van der Waals surface area contributed by atoms with Gasteiger partial charge in [-0.25, -0.2) is 9.78 Å². The summed E-state index contributed by atoms with van der Waals surface area (Å²) in [7, 11) is 0. The van der Waals surface area contributed by atoms with Crippen LogP contribution in [-0.2, 0) is 14.3 Å². The van der Waals surface area contributed by atoms with Gasteiger partial charge in [-0.05, 0) is 12.1 Å². The number of nitrogens with one attached hydrogen (secondary N) is 1. The van der Waals surface area contributed by atoms with Crippen molar-refractivity contribution in [1.29, 1.82) is 0 Å². The molecule has 2 rings (SSSR count). The summed E-state index contributed by atoms with van der Waals surface area (Å²) in [6, 6.07) is 2.59. The van der Waals surface area contributed by atoms with E-state index in [-0.39, 0.29) is 17.1 Å². The molecule has 7 nitrogen and oxygen atoms in total. The molecule has 94 valence electrons. The van der Waals surface area contributed by atoms with Crippen LogP contribution in [0.1, 0.15) is 10.4 Å². The second kappa shape index (κ2) is 5.17. The number of carbonyl (C=O) groups is 2. The highest BCUT2D eigenvalue weighted by atomic mass is 16.6. The number of aromatic nitrogens is 1. The van der Waals surface area contributed by atoms with E-state index in [1.807, 2.05) is 0 Å². The van der Waals surface area contributed by atoms with Crippen LogP contribution < -0.4 is 5.32 Å². The number of hydrogen-bond donors (Lipinski definition) is 2. The van der Waals surface area contributed by atoms with Gasteiger partial charge in [-0.15, -0.1) is 0 Å². The number of ether oxygens (including phenoxy) is 2. The Balaban J connectivity index is 2.09. The molecule has 1 amide bonds. The summed E-state index contributed by atoms with van der Waals surface area (Å²) in [4.78, 5) is 26.3. The lowest BCUT2D eigenvalue weighted by Gasteiger charge is -2.14. The van der Waals surface area contributed by atoms with Crippen molar-refractivity contribution >= 4 is 17.7 Å². The van der Waals surface area contributed by atoms with E-state index in [2.05, 4.69) is 10.3 Å². The molecular formula is C11H10N2O5. The molecular weight excluding hydrogens is 240 g/mol. The minimum absolute atomic E-state index is 0.0313. The van der Waals surface area contributed by atoms with Gasteiger partial charge in [0.25, 0.3) is 5.91 Å². The van der Waals surface area contributed by atoms with E-state index in [0.717, 1.165) is 0 Å². The molecule has 18 heavy (non-hydrogen) atoms. The first-order valence-electron chi connectivity index (χ1n) is 5.12. The van der Waals surface area contributed by atoms with Gasteiger partial charge in [-0.1, -0.05) is 0 Å². The summed E-state index contributed by atoms with van der Waals surface area (Å²) in [5, 5.41) is 11.2. The molecule has 2 heterocycles. The minimum atomic E-state index is -1.09. The van der Waals surface area contributed by atoms with Crippen molar-refractivity contribution in [3.8, 4) is 0 Å². The van der Waals surface area contributed by atoms with Gasteiger partial charge in [0.15, 0.2) is 0 Å². The Kier molecular flexibility index (Phi) is 3.42. The van der Waals surface area contributed by atoms with E-state index >= 15 is 0 Å². The molecule has 0 bridgehead atoms. The van der Waals surface area contributed by atoms with Crippen LogP contribution in [0, 0.1) is 0 Å². The second-order valence-corrected chi connectivity index (χ2v) is 3.39. The van der Waals surface area contributed by atoms with Crippen LogP contribution >= 0.6 is 0 Å². The van der Waals surface area contributed by atoms with Crippen molar-refractivity contribution in [2.24, 2.45) is 0 Å². The topological polar surface area (TPSA) is 97.8 Å². The third kappa shape index (κ3) is 2.76. The summed E-state index contributed by atoms with van der Waals surface area (Å²) in [5.41, 5.74) is 0.0371. The number of pyridine rings is 1. The molecule has 0 fully saturated rings. The Morgan fingerprint density at radius 3 is 2.89 bits per heavy atom. The fourth-order valence-corrected chi connectivity index (χ4v) is 1.30. The number of nitrogens with zero attached hydrogens (tertiary/aromatic N) is 1. The highest BCUT2D eigenvalue weighted by Crippen LogP contribution is 2.10. The SMILES string of the molecule is O=C(Nc1cc(C(=O)O)ccn1)C1=COCCO1. The smallest absolute Gasteiger partial charge is 0.335 e. The molecule has 0 saturated heterocycles. The number of carbonyl (C=O) groups excluding carboxylic acids is 1. The van der Waals surface area contributed by atoms with E-state index < -0.39 is 11.9 Å². The average Bonchev–Trinajstić information content (AvgIpc) is 2.40. The molecule has 0 saturated carbocycles. The Labute approximate surface area is 102 Å². The molecule has 7 heteroatoms. The maximum absolute atomic E-state index is 11.7. The molecule has 0 spiro atoms. The number of amides is 1. The van der Waals surface area contributed by atoms with Crippen LogP contribution in [0.4, 0.5) is 5.82 Å². The van der Waals surface area contributed by atoms with Crippen LogP contribution in [0.5, 0.6) is 0 Å². The Bertz CT molecular complexity index is 512. The van der Waals surface area contributed by atoms with E-state index in [1.165, 1.54) is 24.6 Å². The Hall–Kier alpha value is -2.57. The number of hydrogen-bond acceptors (Lipinski definition) is 5. The second-order valence-electron chi connectivity index (χ2n) is 3.39. The lowest BCUT2D eigenvalue weighted by molar-refractivity contribution is -0.117. The predicted molar refractivity (Wildman–Crippen MR) is 59.8 cm³/mol. The fourth-order valence-electron chi connectivity index (χ4n) is 1.30. The lowest BCUT2D eigenvalue weighted by atomic mass is 10.2. The summed E-state index contributed by atoms with van der Waals surface area (Å²) >= 11 is 0. The van der Waals surface area contributed by atoms with Crippen molar-refractivity contribution < 1.29 is 24.2 Å². The van der Waals surface area contributed by atoms with Crippen molar-refractivity contribution in [3.05, 3.63) is 35.9 Å². The zero-order valence-electron chi connectivity index (χ0n) is 9.25. The van der Waals surface area contributed by atoms with Gasteiger partial charge < -0.3 is 19.9 Å². The number of aromatic carboxylic acids is 1. The Morgan fingerprint density at radius 2 is 2.22 bits per heavy atom. The van der Waals surface area contributed by atoms with Crippen molar-refractivity contribution in [1.82, 2.24) is 4.98 Å². The summed E-state index contributed by atoms with van der Waals surface area (Å²) in [6.45, 7) is 0.686. The molecule has 1 aliphatic heterocycles. The Morgan fingerprint density at radius 1 is 1.39 bits per heavy atom. The highest BCUT2D eigenvalue weighted by molar-refractivity contribution is 6.02. The van der Waals surface area contributed by atoms with Crippen molar-refractivity contribution in [3.63, 3.8) is 0 Å². The average molecular weight is 250 g/mol. The number of carboxylic acids is 1. The molecule has 2 N–H and O–H groups in total. The quantitative estimate of drug-likeness (QED) is 0.815. The number of carboxylic acid groups (broad SMARTS) is 1. The summed E-state index contributed by atoms with van der Waals surface area (Å²) in [6.07, 6.45) is 2.51. The first-order chi connectivity index (χ1) is 8.66. The monoisotopic (exact) mass is 250 g/mol. The standard InChI is InChI=1S/C11H10N2O5/c14-10(8-6-17-3-4-18-8)13-9-5-7(11(15)16)1-2-12-9/h1-2,5-6H,3-4H2,(H,15,16)(H,12,13,14). The van der Waals surface area contributed by atoms with Gasteiger partial charge in [-0.2, -0.15) is 0 Å². The molecule has 1 aromatic rings. The van der Waals surface area contributed by atoms with Crippen LogP contribution in [0.2, 0.25) is 0 Å². The van der Waals surface area contributed by atoms with Gasteiger partial charge in [-0.3, -0.25) is 4.79 Å². The zero-order valence-corrected chi connectivity index (χ0v) is 9.25. The van der Waals surface area contributed by atoms with Gasteiger partial charge in [0.05, 0.1) is 5.56 Å². The molecule has 0 aliphatic carbocycles. The predicted octanol–water partition coefficient (Wildman–Crippen LogP) is 0.607. The fraction of sp³-hybridized carbons (Fsp3) is 0.182. The molecule has 0 aromatic carbocycles. The lowest BCUT2D eigenvalue weighted by Crippen LogP contribution is -2.21. The number of anilines is 1. The maximum atomic E-state index is 11.7. The van der Waals surface area contributed by atoms with Crippen LogP contribution in [-0.4, -0.2) is 35.2 Å². The van der Waals surface area contributed by atoms with E-state index in [1.54, 1.807) is 0 Å². The highest BCUT2D eigenvalue weighted by Gasteiger charge is 2.16. The van der Waals surface area contributed by atoms with Crippen LogP contribution in [0.25, 0.3) is 0 Å². The minimum Gasteiger partial charge on any atom is -0.494 e. The van der Waals surface area contributed by atoms with Gasteiger partial charge in [0, 0.05) is 6.20 Å². The van der Waals surface area contributed by atoms with Gasteiger partial charge in [0.1, 0.15) is 25.3 Å². The van der Waals surface area contributed by atoms with E-state index in [4.69, 9.17) is 14.6 Å². The molecule has 1 aromatic heterocycles. The largest absolute Gasteiger partial charge is 0.494 e. The van der Waals surface area contributed by atoms with Gasteiger partial charge in [0.2, 0.25) is 5.76 Å². The molecule has 0 radical (unpaired) electrons. The van der Waals surface area contributed by atoms with E-state index in [0.29, 0.717) is 13.2 Å². The van der Waals surface area contributed by atoms with Crippen LogP contribution in [0.3, 0.4) is 0 Å². The van der Waals surface area contributed by atoms with E-state index in [9.17, 15) is 9.59 Å². The normalized spacial score (nSPS) is 13.9.